The summed E-state index contributed by atoms with van der Waals surface area (Å²) in [7, 11) is 0. The third-order valence-corrected chi connectivity index (χ3v) is 2.65. The highest BCUT2D eigenvalue weighted by Gasteiger charge is 2.28. The first-order valence-electron chi connectivity index (χ1n) is 4.77. The van der Waals surface area contributed by atoms with E-state index in [4.69, 9.17) is 11.5 Å². The van der Waals surface area contributed by atoms with Gasteiger partial charge in [-0.05, 0) is 19.3 Å². The molecule has 5 heteroatoms. The van der Waals surface area contributed by atoms with Crippen molar-refractivity contribution >= 4 is 11.6 Å². The number of hydrogen-bond donors (Lipinski definition) is 2. The summed E-state index contributed by atoms with van der Waals surface area (Å²) in [6.07, 6.45) is 5.57. The monoisotopic (exact) mass is 194 g/mol. The lowest BCUT2D eigenvalue weighted by Crippen LogP contribution is -2.22. The largest absolute Gasteiger partial charge is 0.396 e. The number of nitrogens with zero attached hydrogens (tertiary/aromatic N) is 2. The van der Waals surface area contributed by atoms with E-state index in [1.807, 2.05) is 0 Å². The Bertz CT molecular complexity index is 346. The molecule has 2 unspecified atom stereocenters. The van der Waals surface area contributed by atoms with Gasteiger partial charge in [-0.3, -0.25) is 4.79 Å². The highest BCUT2D eigenvalue weighted by atomic mass is 16.2. The number of rotatable bonds is 1. The van der Waals surface area contributed by atoms with Gasteiger partial charge in [-0.1, -0.05) is 0 Å². The minimum Gasteiger partial charge on any atom is -0.396 e. The van der Waals surface area contributed by atoms with Crippen LogP contribution in [0.2, 0.25) is 0 Å². The lowest BCUT2D eigenvalue weighted by Gasteiger charge is -2.07. The van der Waals surface area contributed by atoms with Crippen molar-refractivity contribution in [3.63, 3.8) is 0 Å². The molecule has 1 fully saturated rings. The van der Waals surface area contributed by atoms with Gasteiger partial charge in [0.2, 0.25) is 5.91 Å². The first-order valence-corrected chi connectivity index (χ1v) is 4.77. The molecule has 0 radical (unpaired) electrons. The van der Waals surface area contributed by atoms with Crippen molar-refractivity contribution in [3.05, 3.63) is 12.4 Å². The minimum atomic E-state index is 0.00894. The Morgan fingerprint density at radius 1 is 1.57 bits per heavy atom. The topological polar surface area (TPSA) is 86.9 Å². The van der Waals surface area contributed by atoms with E-state index in [1.54, 1.807) is 6.20 Å². The molecule has 1 aromatic heterocycles. The molecule has 1 heterocycles. The van der Waals surface area contributed by atoms with E-state index in [9.17, 15) is 4.79 Å². The van der Waals surface area contributed by atoms with Gasteiger partial charge in [0.05, 0.1) is 18.1 Å². The molecule has 2 atom stereocenters. The summed E-state index contributed by atoms with van der Waals surface area (Å²) >= 11 is 0. The molecule has 1 saturated carbocycles. The molecule has 0 saturated heterocycles. The van der Waals surface area contributed by atoms with Crippen molar-refractivity contribution in [1.82, 2.24) is 9.78 Å². The number of aromatic nitrogens is 2. The fourth-order valence-electron chi connectivity index (χ4n) is 1.89. The van der Waals surface area contributed by atoms with Crippen LogP contribution in [0, 0.1) is 5.92 Å². The molecule has 1 aliphatic carbocycles. The summed E-state index contributed by atoms with van der Waals surface area (Å²) in [5.41, 5.74) is 11.7. The van der Waals surface area contributed by atoms with Crippen LogP contribution in [0.5, 0.6) is 0 Å². The Morgan fingerprint density at radius 3 is 2.86 bits per heavy atom. The average molecular weight is 194 g/mol. The number of carbonyl (C=O) groups is 1. The number of nitrogens with two attached hydrogens (primary N) is 2. The fourth-order valence-corrected chi connectivity index (χ4v) is 1.89. The van der Waals surface area contributed by atoms with Gasteiger partial charge >= 0.3 is 0 Å². The molecule has 1 aromatic rings. The summed E-state index contributed by atoms with van der Waals surface area (Å²) < 4.78 is 1.32. The van der Waals surface area contributed by atoms with Crippen LogP contribution >= 0.6 is 0 Å². The van der Waals surface area contributed by atoms with Crippen LogP contribution in [0.3, 0.4) is 0 Å². The van der Waals surface area contributed by atoms with E-state index in [0.717, 1.165) is 19.3 Å². The molecular formula is C9H14N4O. The summed E-state index contributed by atoms with van der Waals surface area (Å²) in [6, 6.07) is 0.164. The highest BCUT2D eigenvalue weighted by Crippen LogP contribution is 2.25. The molecule has 5 nitrogen and oxygen atoms in total. The number of hydrogen-bond acceptors (Lipinski definition) is 4. The van der Waals surface area contributed by atoms with Crippen LogP contribution in [0.1, 0.15) is 24.1 Å². The summed E-state index contributed by atoms with van der Waals surface area (Å²) in [4.78, 5) is 11.8. The van der Waals surface area contributed by atoms with Gasteiger partial charge in [0.15, 0.2) is 0 Å². The van der Waals surface area contributed by atoms with Crippen molar-refractivity contribution in [2.75, 3.05) is 5.73 Å². The lowest BCUT2D eigenvalue weighted by atomic mass is 10.1. The van der Waals surface area contributed by atoms with Gasteiger partial charge in [0, 0.05) is 12.0 Å². The van der Waals surface area contributed by atoms with Crippen molar-refractivity contribution in [2.24, 2.45) is 11.7 Å². The first-order chi connectivity index (χ1) is 6.66. The zero-order valence-electron chi connectivity index (χ0n) is 7.89. The predicted octanol–water partition coefficient (Wildman–Crippen LogP) is 0.233. The first kappa shape index (κ1) is 9.21. The van der Waals surface area contributed by atoms with E-state index in [2.05, 4.69) is 5.10 Å². The molecule has 1 aliphatic rings. The predicted molar refractivity (Wildman–Crippen MR) is 52.6 cm³/mol. The minimum absolute atomic E-state index is 0.00894. The summed E-state index contributed by atoms with van der Waals surface area (Å²) in [5, 5.41) is 3.89. The molecule has 0 spiro atoms. The number of anilines is 1. The van der Waals surface area contributed by atoms with Crippen molar-refractivity contribution in [3.8, 4) is 0 Å². The summed E-state index contributed by atoms with van der Waals surface area (Å²) in [6.45, 7) is 0. The third-order valence-electron chi connectivity index (χ3n) is 2.65. The molecule has 2 rings (SSSR count). The van der Waals surface area contributed by atoms with Gasteiger partial charge in [-0.25, -0.2) is 4.68 Å². The molecule has 0 bridgehead atoms. The maximum atomic E-state index is 11.8. The van der Waals surface area contributed by atoms with Gasteiger partial charge in [0.25, 0.3) is 0 Å². The van der Waals surface area contributed by atoms with Crippen LogP contribution in [0.25, 0.3) is 0 Å². The molecular weight excluding hydrogens is 180 g/mol. The smallest absolute Gasteiger partial charge is 0.250 e. The second-order valence-electron chi connectivity index (χ2n) is 3.83. The van der Waals surface area contributed by atoms with Gasteiger partial charge < -0.3 is 11.5 Å². The Kier molecular flexibility index (Phi) is 2.25. The van der Waals surface area contributed by atoms with Crippen LogP contribution in [-0.4, -0.2) is 21.7 Å². The van der Waals surface area contributed by atoms with Crippen LogP contribution < -0.4 is 11.5 Å². The van der Waals surface area contributed by atoms with E-state index < -0.39 is 0 Å². The van der Waals surface area contributed by atoms with Crippen LogP contribution in [-0.2, 0) is 0 Å². The quantitative estimate of drug-likeness (QED) is 0.670. The zero-order valence-corrected chi connectivity index (χ0v) is 7.89. The van der Waals surface area contributed by atoms with Gasteiger partial charge in [-0.2, -0.15) is 5.10 Å². The molecule has 0 aliphatic heterocycles. The van der Waals surface area contributed by atoms with E-state index >= 15 is 0 Å². The Labute approximate surface area is 82.1 Å². The number of nitrogen functional groups attached to an aromatic ring is 1. The van der Waals surface area contributed by atoms with E-state index in [-0.39, 0.29) is 17.9 Å². The molecule has 14 heavy (non-hydrogen) atoms. The maximum absolute atomic E-state index is 11.8. The van der Waals surface area contributed by atoms with E-state index in [0.29, 0.717) is 5.69 Å². The normalized spacial score (nSPS) is 26.6. The fraction of sp³-hybridized carbons (Fsp3) is 0.556. The van der Waals surface area contributed by atoms with Crippen molar-refractivity contribution in [2.45, 2.75) is 25.3 Å². The highest BCUT2D eigenvalue weighted by molar-refractivity contribution is 5.81. The third kappa shape index (κ3) is 1.63. The Hall–Kier alpha value is -1.36. The molecule has 0 aromatic carbocycles. The maximum Gasteiger partial charge on any atom is 0.250 e. The standard InChI is InChI=1S/C9H14N4O/c10-7-2-1-6(3-7)9(14)13-5-8(11)4-12-13/h4-7H,1-3,10-11H2. The molecule has 76 valence electrons. The lowest BCUT2D eigenvalue weighted by molar-refractivity contribution is 0.0819. The second kappa shape index (κ2) is 3.42. The second-order valence-corrected chi connectivity index (χ2v) is 3.83. The number of carbonyl (C=O) groups excluding carboxylic acids is 1. The van der Waals surface area contributed by atoms with Crippen LogP contribution in [0.4, 0.5) is 5.69 Å². The Morgan fingerprint density at radius 2 is 2.36 bits per heavy atom. The van der Waals surface area contributed by atoms with Crippen molar-refractivity contribution in [1.29, 1.82) is 0 Å². The zero-order chi connectivity index (χ0) is 10.1. The van der Waals surface area contributed by atoms with Crippen molar-refractivity contribution < 1.29 is 4.79 Å². The summed E-state index contributed by atoms with van der Waals surface area (Å²) in [5.74, 6) is 0.0268. The molecule has 4 N–H and O–H groups in total. The van der Waals surface area contributed by atoms with Gasteiger partial charge in [0.1, 0.15) is 0 Å². The average Bonchev–Trinajstić information content (AvgIpc) is 2.73. The van der Waals surface area contributed by atoms with Gasteiger partial charge in [-0.15, -0.1) is 0 Å². The SMILES string of the molecule is Nc1cnn(C(=O)C2CCC(N)C2)c1. The molecule has 0 amide bonds. The Balaban J connectivity index is 2.09. The van der Waals surface area contributed by atoms with Crippen LogP contribution in [0.15, 0.2) is 12.4 Å². The van der Waals surface area contributed by atoms with E-state index in [1.165, 1.54) is 10.9 Å².